The molecule has 158 valence electrons. The summed E-state index contributed by atoms with van der Waals surface area (Å²) in [6, 6.07) is 9.01. The zero-order chi connectivity index (χ0) is 20.6. The molecule has 3 heteroatoms. The van der Waals surface area contributed by atoms with Gasteiger partial charge in [0.05, 0.1) is 0 Å². The van der Waals surface area contributed by atoms with Gasteiger partial charge in [0.1, 0.15) is 6.10 Å². The van der Waals surface area contributed by atoms with Crippen molar-refractivity contribution in [2.24, 2.45) is 5.92 Å². The molecule has 1 aromatic carbocycles. The van der Waals surface area contributed by atoms with E-state index in [2.05, 4.69) is 57.0 Å². The highest BCUT2D eigenvalue weighted by atomic mass is 16.5. The fourth-order valence-corrected chi connectivity index (χ4v) is 5.41. The van der Waals surface area contributed by atoms with Crippen molar-refractivity contribution in [3.05, 3.63) is 35.4 Å². The summed E-state index contributed by atoms with van der Waals surface area (Å²) in [5.41, 5.74) is 3.02. The molecule has 1 aliphatic heterocycles. The molecule has 0 fully saturated rings. The van der Waals surface area contributed by atoms with Crippen LogP contribution in [0, 0.1) is 5.92 Å². The highest BCUT2D eigenvalue weighted by Crippen LogP contribution is 2.47. The van der Waals surface area contributed by atoms with Gasteiger partial charge in [-0.25, -0.2) is 0 Å². The van der Waals surface area contributed by atoms with Crippen molar-refractivity contribution >= 4 is 5.97 Å². The fraction of sp³-hybridized carbons (Fsp3) is 0.720. The van der Waals surface area contributed by atoms with Gasteiger partial charge in [0.15, 0.2) is 0 Å². The molecule has 1 heterocycles. The molecule has 28 heavy (non-hydrogen) atoms. The maximum atomic E-state index is 11.8. The molecule has 0 N–H and O–H groups in total. The van der Waals surface area contributed by atoms with Gasteiger partial charge >= 0.3 is 5.97 Å². The van der Waals surface area contributed by atoms with Crippen LogP contribution in [0.4, 0.5) is 0 Å². The summed E-state index contributed by atoms with van der Waals surface area (Å²) in [6.07, 6.45) is 9.12. The van der Waals surface area contributed by atoms with Crippen molar-refractivity contribution in [2.45, 2.75) is 97.1 Å². The molecule has 0 saturated carbocycles. The van der Waals surface area contributed by atoms with Crippen LogP contribution in [-0.2, 0) is 21.5 Å². The Morgan fingerprint density at radius 1 is 1.11 bits per heavy atom. The molecule has 0 spiro atoms. The van der Waals surface area contributed by atoms with Gasteiger partial charge in [0.25, 0.3) is 0 Å². The number of hydrogen-bond acceptors (Lipinski definition) is 3. The second-order valence-electron chi connectivity index (χ2n) is 8.84. The van der Waals surface area contributed by atoms with E-state index < -0.39 is 0 Å². The largest absolute Gasteiger partial charge is 0.463 e. The summed E-state index contributed by atoms with van der Waals surface area (Å²) in [4.78, 5) is 14.3. The molecular weight excluding hydrogens is 346 g/mol. The minimum atomic E-state index is -0.147. The van der Waals surface area contributed by atoms with E-state index in [0.29, 0.717) is 5.92 Å². The van der Waals surface area contributed by atoms with E-state index in [0.717, 1.165) is 32.4 Å². The van der Waals surface area contributed by atoms with Gasteiger partial charge in [-0.05, 0) is 49.8 Å². The van der Waals surface area contributed by atoms with Crippen LogP contribution in [-0.4, -0.2) is 30.6 Å². The molecule has 3 atom stereocenters. The average Bonchev–Trinajstić information content (AvgIpc) is 2.64. The Labute approximate surface area is 172 Å². The topological polar surface area (TPSA) is 29.5 Å². The SMILES string of the molecule is CCCCC(CCC)C1(CC(CCC)OC(C)=O)CN(C)Cc2ccccc21. The van der Waals surface area contributed by atoms with Gasteiger partial charge in [-0.3, -0.25) is 4.79 Å². The lowest BCUT2D eigenvalue weighted by Gasteiger charge is -2.49. The minimum absolute atomic E-state index is 0.00281. The summed E-state index contributed by atoms with van der Waals surface area (Å²) >= 11 is 0. The Hall–Kier alpha value is -1.35. The van der Waals surface area contributed by atoms with Crippen molar-refractivity contribution < 1.29 is 9.53 Å². The van der Waals surface area contributed by atoms with E-state index in [4.69, 9.17) is 4.74 Å². The summed E-state index contributed by atoms with van der Waals surface area (Å²) in [6.45, 7) is 10.4. The van der Waals surface area contributed by atoms with E-state index >= 15 is 0 Å². The van der Waals surface area contributed by atoms with Gasteiger partial charge in [0.2, 0.25) is 0 Å². The number of carbonyl (C=O) groups is 1. The number of fused-ring (bicyclic) bond motifs is 1. The zero-order valence-corrected chi connectivity index (χ0v) is 18.8. The average molecular weight is 388 g/mol. The van der Waals surface area contributed by atoms with Gasteiger partial charge in [-0.2, -0.15) is 0 Å². The minimum Gasteiger partial charge on any atom is -0.463 e. The first-order valence-corrected chi connectivity index (χ1v) is 11.4. The Kier molecular flexibility index (Phi) is 9.01. The van der Waals surface area contributed by atoms with E-state index in [1.54, 1.807) is 6.92 Å². The molecule has 3 nitrogen and oxygen atoms in total. The number of unbranched alkanes of at least 4 members (excludes halogenated alkanes) is 1. The second kappa shape index (κ2) is 11.0. The lowest BCUT2D eigenvalue weighted by Crippen LogP contribution is -2.51. The van der Waals surface area contributed by atoms with Crippen molar-refractivity contribution in [2.75, 3.05) is 13.6 Å². The van der Waals surface area contributed by atoms with Gasteiger partial charge in [0, 0.05) is 25.4 Å². The predicted octanol–water partition coefficient (Wildman–Crippen LogP) is 6.10. The molecule has 0 aromatic heterocycles. The normalized spacial score (nSPS) is 21.8. The molecule has 0 saturated heterocycles. The zero-order valence-electron chi connectivity index (χ0n) is 18.8. The third-order valence-corrected chi connectivity index (χ3v) is 6.41. The highest BCUT2D eigenvalue weighted by molar-refractivity contribution is 5.66. The third kappa shape index (κ3) is 5.59. The van der Waals surface area contributed by atoms with Crippen LogP contribution in [0.1, 0.15) is 90.2 Å². The summed E-state index contributed by atoms with van der Waals surface area (Å²) in [5.74, 6) is 0.475. The predicted molar refractivity (Wildman–Crippen MR) is 117 cm³/mol. The van der Waals surface area contributed by atoms with E-state index in [9.17, 15) is 4.79 Å². The smallest absolute Gasteiger partial charge is 0.302 e. The number of carbonyl (C=O) groups excluding carboxylic acids is 1. The number of nitrogens with zero attached hydrogens (tertiary/aromatic N) is 1. The highest BCUT2D eigenvalue weighted by Gasteiger charge is 2.45. The molecule has 0 bridgehead atoms. The van der Waals surface area contributed by atoms with E-state index in [1.165, 1.54) is 43.2 Å². The first-order chi connectivity index (χ1) is 13.5. The standard InChI is InChI=1S/C25H41NO2/c1-6-9-15-22(12-7-2)25(17-23(13-8-3)28-20(4)27)19-26(5)18-21-14-10-11-16-24(21)25/h10-11,14,16,22-23H,6-9,12-13,15,17-19H2,1-5H3. The van der Waals surface area contributed by atoms with Crippen LogP contribution in [0.25, 0.3) is 0 Å². The van der Waals surface area contributed by atoms with E-state index in [1.807, 2.05) is 0 Å². The Bertz CT molecular complexity index is 614. The van der Waals surface area contributed by atoms with Crippen molar-refractivity contribution in [3.63, 3.8) is 0 Å². The molecule has 1 aliphatic rings. The van der Waals surface area contributed by atoms with Gasteiger partial charge < -0.3 is 9.64 Å². The van der Waals surface area contributed by atoms with Crippen LogP contribution >= 0.6 is 0 Å². The number of esters is 1. The van der Waals surface area contributed by atoms with Crippen LogP contribution in [0.3, 0.4) is 0 Å². The number of likely N-dealkylation sites (N-methyl/N-ethyl adjacent to an activating group) is 1. The Morgan fingerprint density at radius 3 is 2.46 bits per heavy atom. The first kappa shape index (κ1) is 22.9. The number of benzene rings is 1. The molecule has 0 aliphatic carbocycles. The first-order valence-electron chi connectivity index (χ1n) is 11.4. The Balaban J connectivity index is 2.52. The lowest BCUT2D eigenvalue weighted by molar-refractivity contribution is -0.148. The molecule has 1 aromatic rings. The number of ether oxygens (including phenoxy) is 1. The molecule has 2 rings (SSSR count). The maximum absolute atomic E-state index is 11.8. The molecular formula is C25H41NO2. The summed E-state index contributed by atoms with van der Waals surface area (Å²) < 4.78 is 5.84. The maximum Gasteiger partial charge on any atom is 0.302 e. The third-order valence-electron chi connectivity index (χ3n) is 6.41. The van der Waals surface area contributed by atoms with Crippen molar-refractivity contribution in [1.29, 1.82) is 0 Å². The monoisotopic (exact) mass is 387 g/mol. The quantitative estimate of drug-likeness (QED) is 0.430. The van der Waals surface area contributed by atoms with Crippen molar-refractivity contribution in [3.8, 4) is 0 Å². The number of hydrogen-bond donors (Lipinski definition) is 0. The Morgan fingerprint density at radius 2 is 1.82 bits per heavy atom. The van der Waals surface area contributed by atoms with Crippen LogP contribution in [0.5, 0.6) is 0 Å². The van der Waals surface area contributed by atoms with Crippen LogP contribution in [0.15, 0.2) is 24.3 Å². The van der Waals surface area contributed by atoms with Crippen LogP contribution in [0.2, 0.25) is 0 Å². The molecule has 0 radical (unpaired) electrons. The number of rotatable bonds is 11. The fourth-order valence-electron chi connectivity index (χ4n) is 5.41. The summed E-state index contributed by atoms with van der Waals surface area (Å²) in [7, 11) is 2.24. The second-order valence-corrected chi connectivity index (χ2v) is 8.84. The van der Waals surface area contributed by atoms with Crippen LogP contribution < -0.4 is 0 Å². The lowest BCUT2D eigenvalue weighted by atomic mass is 9.61. The van der Waals surface area contributed by atoms with E-state index in [-0.39, 0.29) is 17.5 Å². The van der Waals surface area contributed by atoms with Gasteiger partial charge in [-0.15, -0.1) is 0 Å². The molecule has 3 unspecified atom stereocenters. The molecule has 0 amide bonds. The van der Waals surface area contributed by atoms with Gasteiger partial charge in [-0.1, -0.05) is 70.7 Å². The van der Waals surface area contributed by atoms with Crippen molar-refractivity contribution in [1.82, 2.24) is 4.90 Å². The summed E-state index contributed by atoms with van der Waals surface area (Å²) in [5, 5.41) is 0.